The molecule has 0 aliphatic carbocycles. The van der Waals surface area contributed by atoms with E-state index in [1.165, 1.54) is 6.92 Å². The van der Waals surface area contributed by atoms with Gasteiger partial charge in [-0.3, -0.25) is 19.2 Å². The molecule has 0 amide bonds. The summed E-state index contributed by atoms with van der Waals surface area (Å²) in [5, 5.41) is 3.37. The van der Waals surface area contributed by atoms with Gasteiger partial charge in [0.2, 0.25) is 0 Å². The first-order valence-corrected chi connectivity index (χ1v) is 9.08. The number of ether oxygens (including phenoxy) is 6. The van der Waals surface area contributed by atoms with Gasteiger partial charge in [0.15, 0.2) is 24.6 Å². The molecule has 0 unspecified atom stereocenters. The summed E-state index contributed by atoms with van der Waals surface area (Å²) in [6.07, 6.45) is -5.78. The van der Waals surface area contributed by atoms with Crippen LogP contribution in [0.3, 0.4) is 0 Å². The van der Waals surface area contributed by atoms with E-state index in [1.807, 2.05) is 0 Å². The molecular weight excluding hydrogens is 406 g/mol. The van der Waals surface area contributed by atoms with E-state index in [1.54, 1.807) is 0 Å². The highest BCUT2D eigenvalue weighted by molar-refractivity contribution is 5.68. The van der Waals surface area contributed by atoms with E-state index < -0.39 is 54.6 Å². The zero-order valence-corrected chi connectivity index (χ0v) is 17.1. The van der Waals surface area contributed by atoms with Crippen LogP contribution in [-0.2, 0) is 47.6 Å². The predicted molar refractivity (Wildman–Crippen MR) is 96.5 cm³/mol. The lowest BCUT2D eigenvalue weighted by Gasteiger charge is -2.44. The Balaban J connectivity index is 3.17. The Morgan fingerprint density at radius 2 is 1.47 bits per heavy atom. The average Bonchev–Trinajstić information content (AvgIpc) is 2.63. The van der Waals surface area contributed by atoms with Gasteiger partial charge < -0.3 is 28.4 Å². The lowest BCUT2D eigenvalue weighted by molar-refractivity contribution is -0.308. The third-order valence-electron chi connectivity index (χ3n) is 3.70. The first-order chi connectivity index (χ1) is 14.1. The van der Waals surface area contributed by atoms with Gasteiger partial charge in [0.25, 0.3) is 0 Å². The normalized spacial score (nSPS) is 25.4. The van der Waals surface area contributed by atoms with Crippen molar-refractivity contribution in [1.82, 2.24) is 0 Å². The molecule has 0 aromatic heterocycles. The van der Waals surface area contributed by atoms with Crippen molar-refractivity contribution in [2.75, 3.05) is 19.8 Å². The molecule has 1 aliphatic heterocycles. The van der Waals surface area contributed by atoms with E-state index in [0.717, 1.165) is 20.8 Å². The highest BCUT2D eigenvalue weighted by atomic mass is 16.7. The number of rotatable bonds is 10. The third kappa shape index (κ3) is 8.64. The molecular formula is C17H25N3O10. The number of carbonyl (C=O) groups excluding carboxylic acids is 4. The zero-order valence-electron chi connectivity index (χ0n) is 17.1. The van der Waals surface area contributed by atoms with Crippen molar-refractivity contribution in [3.63, 3.8) is 0 Å². The Kier molecular flexibility index (Phi) is 10.6. The van der Waals surface area contributed by atoms with Crippen molar-refractivity contribution in [2.24, 2.45) is 5.11 Å². The Hall–Kier alpha value is -2.89. The van der Waals surface area contributed by atoms with Crippen LogP contribution in [0.1, 0.15) is 34.1 Å². The fourth-order valence-electron chi connectivity index (χ4n) is 2.70. The summed E-state index contributed by atoms with van der Waals surface area (Å²) in [4.78, 5) is 48.7. The maximum atomic E-state index is 11.7. The van der Waals surface area contributed by atoms with Crippen molar-refractivity contribution in [3.8, 4) is 0 Å². The van der Waals surface area contributed by atoms with Crippen LogP contribution in [0.2, 0.25) is 0 Å². The highest BCUT2D eigenvalue weighted by Gasteiger charge is 2.52. The van der Waals surface area contributed by atoms with E-state index in [0.29, 0.717) is 6.42 Å². The molecule has 1 heterocycles. The van der Waals surface area contributed by atoms with Gasteiger partial charge in [0.05, 0.1) is 6.61 Å². The molecule has 1 fully saturated rings. The van der Waals surface area contributed by atoms with Gasteiger partial charge >= 0.3 is 23.9 Å². The van der Waals surface area contributed by atoms with Gasteiger partial charge in [-0.25, -0.2) is 0 Å². The van der Waals surface area contributed by atoms with Gasteiger partial charge in [-0.15, -0.1) is 0 Å². The summed E-state index contributed by atoms with van der Waals surface area (Å²) >= 11 is 0. The summed E-state index contributed by atoms with van der Waals surface area (Å²) in [7, 11) is 0. The van der Waals surface area contributed by atoms with E-state index in [4.69, 9.17) is 34.0 Å². The van der Waals surface area contributed by atoms with Crippen LogP contribution in [0.4, 0.5) is 0 Å². The Morgan fingerprint density at radius 3 is 2.00 bits per heavy atom. The second-order valence-electron chi connectivity index (χ2n) is 6.25. The molecule has 0 radical (unpaired) electrons. The molecule has 168 valence electrons. The molecule has 0 aromatic carbocycles. The van der Waals surface area contributed by atoms with Gasteiger partial charge in [0.1, 0.15) is 12.7 Å². The Bertz CT molecular complexity index is 679. The van der Waals surface area contributed by atoms with Gasteiger partial charge in [-0.1, -0.05) is 5.11 Å². The topological polar surface area (TPSA) is 172 Å². The molecule has 5 atom stereocenters. The number of esters is 4. The lowest BCUT2D eigenvalue weighted by atomic mass is 9.98. The maximum Gasteiger partial charge on any atom is 0.303 e. The minimum absolute atomic E-state index is 0.0484. The second-order valence-corrected chi connectivity index (χ2v) is 6.25. The molecule has 1 saturated heterocycles. The predicted octanol–water partition coefficient (Wildman–Crippen LogP) is 0.786. The van der Waals surface area contributed by atoms with E-state index in [-0.39, 0.29) is 19.8 Å². The number of hydrogen-bond donors (Lipinski definition) is 0. The molecule has 0 saturated carbocycles. The van der Waals surface area contributed by atoms with Crippen LogP contribution in [0.5, 0.6) is 0 Å². The Morgan fingerprint density at radius 1 is 0.900 bits per heavy atom. The van der Waals surface area contributed by atoms with Crippen LogP contribution < -0.4 is 0 Å². The average molecular weight is 431 g/mol. The van der Waals surface area contributed by atoms with Crippen LogP contribution in [0, 0.1) is 0 Å². The maximum absolute atomic E-state index is 11.7. The van der Waals surface area contributed by atoms with E-state index in [2.05, 4.69) is 10.0 Å². The van der Waals surface area contributed by atoms with Crippen molar-refractivity contribution < 1.29 is 47.6 Å². The van der Waals surface area contributed by atoms with Crippen molar-refractivity contribution >= 4 is 23.9 Å². The molecule has 0 N–H and O–H groups in total. The first-order valence-electron chi connectivity index (χ1n) is 9.08. The number of nitrogens with zero attached hydrogens (tertiary/aromatic N) is 3. The summed E-state index contributed by atoms with van der Waals surface area (Å²) in [5.41, 5.74) is 8.32. The summed E-state index contributed by atoms with van der Waals surface area (Å²) in [6, 6.07) is 0. The minimum atomic E-state index is -1.29. The van der Waals surface area contributed by atoms with E-state index >= 15 is 0 Å². The fourth-order valence-corrected chi connectivity index (χ4v) is 2.70. The number of azide groups is 1. The van der Waals surface area contributed by atoms with E-state index in [9.17, 15) is 19.2 Å². The lowest BCUT2D eigenvalue weighted by Crippen LogP contribution is -2.63. The molecule has 13 nitrogen and oxygen atoms in total. The highest BCUT2D eigenvalue weighted by Crippen LogP contribution is 2.30. The summed E-state index contributed by atoms with van der Waals surface area (Å²) in [6.45, 7) is 4.44. The van der Waals surface area contributed by atoms with Gasteiger partial charge in [-0.05, 0) is 12.0 Å². The summed E-state index contributed by atoms with van der Waals surface area (Å²) in [5.74, 6) is -2.78. The molecule has 1 aliphatic rings. The van der Waals surface area contributed by atoms with Crippen molar-refractivity contribution in [2.45, 2.75) is 64.8 Å². The summed E-state index contributed by atoms with van der Waals surface area (Å²) < 4.78 is 32.0. The Labute approximate surface area is 172 Å². The monoisotopic (exact) mass is 431 g/mol. The zero-order chi connectivity index (χ0) is 22.7. The third-order valence-corrected chi connectivity index (χ3v) is 3.70. The van der Waals surface area contributed by atoms with Gasteiger partial charge in [0, 0.05) is 39.2 Å². The smallest absolute Gasteiger partial charge is 0.303 e. The molecule has 0 aromatic rings. The quantitative estimate of drug-likeness (QED) is 0.120. The SMILES string of the molecule is CC(=O)OC[C@@H]1O[C@H](OCCCN=[N+]=[N-])[C@@H](OC(C)=O)[C@H](OC(C)=O)[C@H]1OC(C)=O. The second kappa shape index (κ2) is 12.6. The fraction of sp³-hybridized carbons (Fsp3) is 0.765. The first kappa shape index (κ1) is 25.1. The van der Waals surface area contributed by atoms with Crippen molar-refractivity contribution in [1.29, 1.82) is 0 Å². The minimum Gasteiger partial charge on any atom is -0.463 e. The number of hydrogen-bond acceptors (Lipinski definition) is 11. The molecule has 1 rings (SSSR count). The molecule has 30 heavy (non-hydrogen) atoms. The largest absolute Gasteiger partial charge is 0.463 e. The van der Waals surface area contributed by atoms with Crippen molar-refractivity contribution in [3.05, 3.63) is 10.4 Å². The van der Waals surface area contributed by atoms with Gasteiger partial charge in [-0.2, -0.15) is 0 Å². The van der Waals surface area contributed by atoms with Crippen LogP contribution in [0.15, 0.2) is 5.11 Å². The standard InChI is InChI=1S/C17H25N3O10/c1-9(21)26-8-13-14(27-10(2)22)15(28-11(3)23)16(29-12(4)24)17(30-13)25-7-5-6-19-20-18/h13-17H,5-8H2,1-4H3/t13-,14-,15+,16-,17-/m0/s1. The molecule has 0 bridgehead atoms. The van der Waals surface area contributed by atoms with Crippen LogP contribution in [0.25, 0.3) is 10.4 Å². The molecule has 0 spiro atoms. The number of carbonyl (C=O) groups is 4. The molecule has 13 heteroatoms. The van der Waals surface area contributed by atoms with Crippen LogP contribution >= 0.6 is 0 Å². The van der Waals surface area contributed by atoms with Crippen LogP contribution in [-0.4, -0.2) is 74.3 Å².